The first-order valence-corrected chi connectivity index (χ1v) is 5.07. The standard InChI is InChI=1S/C12H13NO3/c1-12(2)7-10(13-16-12)8-3-5-9(6-4-8)11(14)15/h3-6H,7H2,1-2H3,(H,14,15). The molecule has 1 heterocycles. The number of carboxylic acid groups (broad SMARTS) is 1. The summed E-state index contributed by atoms with van der Waals surface area (Å²) in [6.07, 6.45) is 0.736. The summed E-state index contributed by atoms with van der Waals surface area (Å²) in [6, 6.07) is 6.66. The number of carbonyl (C=O) groups is 1. The maximum absolute atomic E-state index is 10.7. The van der Waals surface area contributed by atoms with Gasteiger partial charge in [-0.15, -0.1) is 0 Å². The molecule has 0 atom stereocenters. The lowest BCUT2D eigenvalue weighted by Gasteiger charge is -2.13. The summed E-state index contributed by atoms with van der Waals surface area (Å²) in [4.78, 5) is 15.9. The molecule has 0 radical (unpaired) electrons. The molecule has 2 rings (SSSR count). The van der Waals surface area contributed by atoms with Crippen molar-refractivity contribution in [1.29, 1.82) is 0 Å². The van der Waals surface area contributed by atoms with Gasteiger partial charge in [0, 0.05) is 6.42 Å². The maximum Gasteiger partial charge on any atom is 0.335 e. The number of aromatic carboxylic acids is 1. The first-order valence-electron chi connectivity index (χ1n) is 5.07. The molecule has 1 aliphatic rings. The molecule has 1 N–H and O–H groups in total. The Morgan fingerprint density at radius 1 is 1.38 bits per heavy atom. The Bertz CT molecular complexity index is 446. The fraction of sp³-hybridized carbons (Fsp3) is 0.333. The van der Waals surface area contributed by atoms with Gasteiger partial charge in [0.15, 0.2) is 0 Å². The van der Waals surface area contributed by atoms with Crippen molar-refractivity contribution < 1.29 is 14.7 Å². The van der Waals surface area contributed by atoms with Gasteiger partial charge < -0.3 is 9.94 Å². The Morgan fingerprint density at radius 3 is 2.44 bits per heavy atom. The third-order valence-corrected chi connectivity index (χ3v) is 2.46. The first kappa shape index (κ1) is 10.7. The number of carboxylic acids is 1. The lowest BCUT2D eigenvalue weighted by molar-refractivity contribution is 0.0123. The Balaban J connectivity index is 2.21. The van der Waals surface area contributed by atoms with Gasteiger partial charge >= 0.3 is 5.97 Å². The van der Waals surface area contributed by atoms with E-state index in [1.165, 1.54) is 0 Å². The average Bonchev–Trinajstić information content (AvgIpc) is 2.59. The molecule has 0 amide bonds. The van der Waals surface area contributed by atoms with E-state index in [1.807, 2.05) is 13.8 Å². The molecule has 4 heteroatoms. The predicted octanol–water partition coefficient (Wildman–Crippen LogP) is 2.29. The highest BCUT2D eigenvalue weighted by atomic mass is 16.7. The fourth-order valence-corrected chi connectivity index (χ4v) is 1.61. The Hall–Kier alpha value is -1.84. The van der Waals surface area contributed by atoms with E-state index in [0.29, 0.717) is 0 Å². The van der Waals surface area contributed by atoms with Gasteiger partial charge in [-0.2, -0.15) is 0 Å². The Morgan fingerprint density at radius 2 is 2.00 bits per heavy atom. The highest BCUT2D eigenvalue weighted by Gasteiger charge is 2.29. The van der Waals surface area contributed by atoms with Crippen LogP contribution >= 0.6 is 0 Å². The van der Waals surface area contributed by atoms with Gasteiger partial charge in [-0.25, -0.2) is 4.79 Å². The van der Waals surface area contributed by atoms with Crippen molar-refractivity contribution in [3.8, 4) is 0 Å². The zero-order valence-electron chi connectivity index (χ0n) is 9.23. The van der Waals surface area contributed by atoms with Crippen LogP contribution < -0.4 is 0 Å². The molecule has 0 spiro atoms. The van der Waals surface area contributed by atoms with Crippen molar-refractivity contribution in [1.82, 2.24) is 0 Å². The van der Waals surface area contributed by atoms with E-state index in [0.717, 1.165) is 17.7 Å². The van der Waals surface area contributed by atoms with E-state index in [1.54, 1.807) is 24.3 Å². The summed E-state index contributed by atoms with van der Waals surface area (Å²) in [5, 5.41) is 12.8. The molecular formula is C12H13NO3. The lowest BCUT2D eigenvalue weighted by atomic mass is 9.97. The highest BCUT2D eigenvalue weighted by Crippen LogP contribution is 2.25. The largest absolute Gasteiger partial charge is 0.478 e. The summed E-state index contributed by atoms with van der Waals surface area (Å²) in [6.45, 7) is 3.93. The Labute approximate surface area is 93.5 Å². The molecule has 0 aliphatic carbocycles. The highest BCUT2D eigenvalue weighted by molar-refractivity contribution is 6.02. The van der Waals surface area contributed by atoms with Crippen LogP contribution in [0.25, 0.3) is 0 Å². The summed E-state index contributed by atoms with van der Waals surface area (Å²) in [5.41, 5.74) is 1.79. The first-order chi connectivity index (χ1) is 7.48. The molecule has 0 aromatic heterocycles. The van der Waals surface area contributed by atoms with Gasteiger partial charge in [-0.3, -0.25) is 0 Å². The van der Waals surface area contributed by atoms with Crippen molar-refractivity contribution in [3.05, 3.63) is 35.4 Å². The van der Waals surface area contributed by atoms with E-state index in [2.05, 4.69) is 5.16 Å². The van der Waals surface area contributed by atoms with Crippen LogP contribution in [-0.2, 0) is 4.84 Å². The zero-order chi connectivity index (χ0) is 11.8. The topological polar surface area (TPSA) is 58.9 Å². The van der Waals surface area contributed by atoms with Crippen LogP contribution in [0.5, 0.6) is 0 Å². The normalized spacial score (nSPS) is 17.8. The summed E-state index contributed by atoms with van der Waals surface area (Å²) >= 11 is 0. The average molecular weight is 219 g/mol. The molecule has 1 aromatic rings. The SMILES string of the molecule is CC1(C)CC(c2ccc(C(=O)O)cc2)=NO1. The number of benzene rings is 1. The molecule has 84 valence electrons. The quantitative estimate of drug-likeness (QED) is 0.830. The van der Waals surface area contributed by atoms with Gasteiger partial charge in [0.1, 0.15) is 5.60 Å². The molecule has 0 bridgehead atoms. The van der Waals surface area contributed by atoms with E-state index >= 15 is 0 Å². The molecule has 4 nitrogen and oxygen atoms in total. The number of rotatable bonds is 2. The van der Waals surface area contributed by atoms with Crippen molar-refractivity contribution in [2.45, 2.75) is 25.9 Å². The molecule has 0 fully saturated rings. The molecule has 0 saturated carbocycles. The lowest BCUT2D eigenvalue weighted by Crippen LogP contribution is -2.19. The van der Waals surface area contributed by atoms with Crippen LogP contribution in [0, 0.1) is 0 Å². The van der Waals surface area contributed by atoms with E-state index < -0.39 is 5.97 Å². The second-order valence-corrected chi connectivity index (χ2v) is 4.45. The van der Waals surface area contributed by atoms with Gasteiger partial charge in [0.25, 0.3) is 0 Å². The summed E-state index contributed by atoms with van der Waals surface area (Å²) < 4.78 is 0. The van der Waals surface area contributed by atoms with Gasteiger partial charge in [0.05, 0.1) is 11.3 Å². The second-order valence-electron chi connectivity index (χ2n) is 4.45. The van der Waals surface area contributed by atoms with E-state index in [-0.39, 0.29) is 11.2 Å². The van der Waals surface area contributed by atoms with Crippen LogP contribution in [0.2, 0.25) is 0 Å². The minimum atomic E-state index is -0.920. The van der Waals surface area contributed by atoms with Gasteiger partial charge in [0.2, 0.25) is 0 Å². The Kier molecular flexibility index (Phi) is 2.42. The number of hydrogen-bond donors (Lipinski definition) is 1. The second kappa shape index (κ2) is 3.63. The van der Waals surface area contributed by atoms with Crippen LogP contribution in [0.15, 0.2) is 29.4 Å². The molecule has 0 saturated heterocycles. The van der Waals surface area contributed by atoms with Crippen LogP contribution in [-0.4, -0.2) is 22.4 Å². The van der Waals surface area contributed by atoms with Crippen molar-refractivity contribution in [3.63, 3.8) is 0 Å². The third kappa shape index (κ3) is 2.05. The predicted molar refractivity (Wildman–Crippen MR) is 59.7 cm³/mol. The van der Waals surface area contributed by atoms with E-state index in [9.17, 15) is 4.79 Å². The minimum Gasteiger partial charge on any atom is -0.478 e. The summed E-state index contributed by atoms with van der Waals surface area (Å²) in [5.74, 6) is -0.920. The van der Waals surface area contributed by atoms with E-state index in [4.69, 9.17) is 9.94 Å². The molecule has 1 aromatic carbocycles. The maximum atomic E-state index is 10.7. The van der Waals surface area contributed by atoms with Gasteiger partial charge in [-0.05, 0) is 31.5 Å². The molecule has 16 heavy (non-hydrogen) atoms. The summed E-state index contributed by atoms with van der Waals surface area (Å²) in [7, 11) is 0. The smallest absolute Gasteiger partial charge is 0.335 e. The van der Waals surface area contributed by atoms with Crippen LogP contribution in [0.4, 0.5) is 0 Å². The van der Waals surface area contributed by atoms with Crippen LogP contribution in [0.3, 0.4) is 0 Å². The van der Waals surface area contributed by atoms with Gasteiger partial charge in [-0.1, -0.05) is 17.3 Å². The van der Waals surface area contributed by atoms with Crippen molar-refractivity contribution in [2.24, 2.45) is 5.16 Å². The monoisotopic (exact) mass is 219 g/mol. The molecule has 1 aliphatic heterocycles. The number of hydrogen-bond acceptors (Lipinski definition) is 3. The minimum absolute atomic E-state index is 0.263. The van der Waals surface area contributed by atoms with Crippen molar-refractivity contribution in [2.75, 3.05) is 0 Å². The fourth-order valence-electron chi connectivity index (χ4n) is 1.61. The number of oxime groups is 1. The molecular weight excluding hydrogens is 206 g/mol. The molecule has 0 unspecified atom stereocenters. The third-order valence-electron chi connectivity index (χ3n) is 2.46. The van der Waals surface area contributed by atoms with Crippen LogP contribution in [0.1, 0.15) is 36.2 Å². The number of nitrogens with zero attached hydrogens (tertiary/aromatic N) is 1. The van der Waals surface area contributed by atoms with Crippen molar-refractivity contribution >= 4 is 11.7 Å². The zero-order valence-corrected chi connectivity index (χ0v) is 9.23.